The number of amides is 2. The standard InChI is InChI=1S/C19H22N8O4/c1-2-21-18(28)22-14-9-29-17-15(10-30-16(14)17)27-19(23-24-25-27)31-13-5-3-12(4-6-13)26-8-7-20-11-26/h3-8,11,14-17H,2,9-10H2,1H3,(H2,21,22,28). The number of ether oxygens (including phenoxy) is 3. The van der Waals surface area contributed by atoms with E-state index in [1.165, 1.54) is 0 Å². The van der Waals surface area contributed by atoms with E-state index in [9.17, 15) is 4.79 Å². The van der Waals surface area contributed by atoms with Crippen molar-refractivity contribution in [1.82, 2.24) is 40.4 Å². The molecule has 2 N–H and O–H groups in total. The molecule has 12 heteroatoms. The molecule has 1 aromatic carbocycles. The van der Waals surface area contributed by atoms with E-state index in [1.54, 1.807) is 17.2 Å². The average Bonchev–Trinajstić information content (AvgIpc) is 3.55. The van der Waals surface area contributed by atoms with Crippen LogP contribution in [0.15, 0.2) is 43.0 Å². The summed E-state index contributed by atoms with van der Waals surface area (Å²) in [5.41, 5.74) is 0.960. The lowest BCUT2D eigenvalue weighted by molar-refractivity contribution is 0.0613. The number of fused-ring (bicyclic) bond motifs is 1. The van der Waals surface area contributed by atoms with Crippen LogP contribution in [0.3, 0.4) is 0 Å². The number of imidazole rings is 1. The van der Waals surface area contributed by atoms with Crippen molar-refractivity contribution in [2.24, 2.45) is 0 Å². The first-order chi connectivity index (χ1) is 15.2. The van der Waals surface area contributed by atoms with Gasteiger partial charge in [0.15, 0.2) is 0 Å². The zero-order valence-corrected chi connectivity index (χ0v) is 16.8. The second-order valence-electron chi connectivity index (χ2n) is 7.25. The molecule has 0 bridgehead atoms. The van der Waals surface area contributed by atoms with Gasteiger partial charge >= 0.3 is 12.0 Å². The highest BCUT2D eigenvalue weighted by Crippen LogP contribution is 2.36. The maximum absolute atomic E-state index is 11.9. The van der Waals surface area contributed by atoms with Crippen LogP contribution in [0.25, 0.3) is 5.69 Å². The van der Waals surface area contributed by atoms with Crippen molar-refractivity contribution in [1.29, 1.82) is 0 Å². The summed E-state index contributed by atoms with van der Waals surface area (Å²) >= 11 is 0. The quantitative estimate of drug-likeness (QED) is 0.588. The third-order valence-electron chi connectivity index (χ3n) is 5.31. The van der Waals surface area contributed by atoms with Crippen molar-refractivity contribution in [2.45, 2.75) is 31.2 Å². The number of carbonyl (C=O) groups excluding carboxylic acids is 1. The Morgan fingerprint density at radius 1 is 1.23 bits per heavy atom. The molecule has 2 fully saturated rings. The van der Waals surface area contributed by atoms with Gasteiger partial charge in [0.25, 0.3) is 0 Å². The zero-order chi connectivity index (χ0) is 21.2. The Labute approximate surface area is 177 Å². The molecule has 2 aromatic heterocycles. The second kappa shape index (κ2) is 8.32. The van der Waals surface area contributed by atoms with Crippen LogP contribution in [0, 0.1) is 0 Å². The van der Waals surface area contributed by atoms with Crippen molar-refractivity contribution >= 4 is 6.03 Å². The van der Waals surface area contributed by atoms with Crippen molar-refractivity contribution in [3.05, 3.63) is 43.0 Å². The van der Waals surface area contributed by atoms with E-state index in [0.717, 1.165) is 5.69 Å². The van der Waals surface area contributed by atoms with Crippen LogP contribution in [0.1, 0.15) is 13.0 Å². The number of hydrogen-bond acceptors (Lipinski definition) is 8. The molecule has 4 unspecified atom stereocenters. The smallest absolute Gasteiger partial charge is 0.341 e. The van der Waals surface area contributed by atoms with Crippen LogP contribution in [0.4, 0.5) is 4.79 Å². The number of nitrogens with one attached hydrogen (secondary N) is 2. The molecule has 0 spiro atoms. The lowest BCUT2D eigenvalue weighted by atomic mass is 10.1. The molecule has 2 aliphatic rings. The topological polar surface area (TPSA) is 130 Å². The molecule has 5 rings (SSSR count). The highest BCUT2D eigenvalue weighted by Gasteiger charge is 2.50. The van der Waals surface area contributed by atoms with E-state index >= 15 is 0 Å². The summed E-state index contributed by atoms with van der Waals surface area (Å²) in [5.74, 6) is 0.596. The van der Waals surface area contributed by atoms with Gasteiger partial charge in [-0.15, -0.1) is 0 Å². The van der Waals surface area contributed by atoms with E-state index in [2.05, 4.69) is 31.1 Å². The third-order valence-corrected chi connectivity index (χ3v) is 5.31. The first-order valence-electron chi connectivity index (χ1n) is 10.0. The average molecular weight is 426 g/mol. The summed E-state index contributed by atoms with van der Waals surface area (Å²) < 4.78 is 21.2. The summed E-state index contributed by atoms with van der Waals surface area (Å²) in [4.78, 5) is 15.9. The highest BCUT2D eigenvalue weighted by atomic mass is 16.6. The largest absolute Gasteiger partial charge is 0.423 e. The molecule has 0 aliphatic carbocycles. The number of rotatable bonds is 6. The van der Waals surface area contributed by atoms with Crippen LogP contribution < -0.4 is 15.4 Å². The Bertz CT molecular complexity index is 1020. The molecule has 12 nitrogen and oxygen atoms in total. The van der Waals surface area contributed by atoms with Crippen LogP contribution in [0.5, 0.6) is 11.8 Å². The first kappa shape index (κ1) is 19.5. The number of aromatic nitrogens is 6. The van der Waals surface area contributed by atoms with Gasteiger partial charge in [-0.25, -0.2) is 9.78 Å². The summed E-state index contributed by atoms with van der Waals surface area (Å²) in [6, 6.07) is 7.00. The fraction of sp³-hybridized carbons (Fsp3) is 0.421. The lowest BCUT2D eigenvalue weighted by Gasteiger charge is -2.18. The summed E-state index contributed by atoms with van der Waals surface area (Å²) in [5, 5.41) is 17.5. The molecule has 2 saturated heterocycles. The molecule has 4 heterocycles. The maximum atomic E-state index is 11.9. The van der Waals surface area contributed by atoms with Gasteiger partial charge in [0.05, 0.1) is 25.6 Å². The predicted octanol–water partition coefficient (Wildman–Crippen LogP) is 0.677. The van der Waals surface area contributed by atoms with Gasteiger partial charge < -0.3 is 29.4 Å². The van der Waals surface area contributed by atoms with Gasteiger partial charge in [-0.2, -0.15) is 4.68 Å². The van der Waals surface area contributed by atoms with Crippen LogP contribution in [-0.4, -0.2) is 73.8 Å². The minimum atomic E-state index is -0.290. The molecule has 4 atom stereocenters. The van der Waals surface area contributed by atoms with E-state index in [0.29, 0.717) is 25.5 Å². The number of urea groups is 1. The molecule has 3 aromatic rings. The molecule has 31 heavy (non-hydrogen) atoms. The number of nitrogens with zero attached hydrogens (tertiary/aromatic N) is 6. The van der Waals surface area contributed by atoms with E-state index in [1.807, 2.05) is 42.0 Å². The Kier molecular flexibility index (Phi) is 5.22. The van der Waals surface area contributed by atoms with Gasteiger partial charge in [-0.3, -0.25) is 0 Å². The minimum Gasteiger partial charge on any atom is -0.423 e. The molecule has 2 amide bonds. The molecular weight excluding hydrogens is 404 g/mol. The Morgan fingerprint density at radius 3 is 2.84 bits per heavy atom. The summed E-state index contributed by atoms with van der Waals surface area (Å²) in [7, 11) is 0. The van der Waals surface area contributed by atoms with Crippen LogP contribution >= 0.6 is 0 Å². The second-order valence-corrected chi connectivity index (χ2v) is 7.25. The van der Waals surface area contributed by atoms with Crippen molar-refractivity contribution in [3.8, 4) is 17.4 Å². The van der Waals surface area contributed by atoms with Gasteiger partial charge in [-0.05, 0) is 41.6 Å². The van der Waals surface area contributed by atoms with Crippen molar-refractivity contribution < 1.29 is 19.0 Å². The van der Waals surface area contributed by atoms with Gasteiger partial charge in [0.1, 0.15) is 24.0 Å². The van der Waals surface area contributed by atoms with E-state index in [4.69, 9.17) is 14.2 Å². The van der Waals surface area contributed by atoms with Gasteiger partial charge in [-0.1, -0.05) is 5.10 Å². The monoisotopic (exact) mass is 426 g/mol. The molecule has 0 radical (unpaired) electrons. The number of tetrazole rings is 1. The lowest BCUT2D eigenvalue weighted by Crippen LogP contribution is -2.48. The SMILES string of the molecule is CCNC(=O)NC1COC2C1OCC2n1nnnc1Oc1ccc(-n2ccnc2)cc1. The molecule has 0 saturated carbocycles. The van der Waals surface area contributed by atoms with Gasteiger partial charge in [0.2, 0.25) is 0 Å². The first-order valence-corrected chi connectivity index (χ1v) is 10.0. The van der Waals surface area contributed by atoms with Crippen molar-refractivity contribution in [2.75, 3.05) is 19.8 Å². The third kappa shape index (κ3) is 3.82. The van der Waals surface area contributed by atoms with E-state index < -0.39 is 0 Å². The Balaban J connectivity index is 1.27. The minimum absolute atomic E-state index is 0.238. The fourth-order valence-corrected chi connectivity index (χ4v) is 3.86. The molecule has 162 valence electrons. The molecular formula is C19H22N8O4. The zero-order valence-electron chi connectivity index (χ0n) is 16.8. The normalized spacial score (nSPS) is 24.7. The maximum Gasteiger partial charge on any atom is 0.341 e. The Morgan fingerprint density at radius 2 is 2.06 bits per heavy atom. The fourth-order valence-electron chi connectivity index (χ4n) is 3.86. The van der Waals surface area contributed by atoms with Crippen LogP contribution in [-0.2, 0) is 9.47 Å². The number of carbonyl (C=O) groups is 1. The van der Waals surface area contributed by atoms with E-state index in [-0.39, 0.29) is 36.3 Å². The summed E-state index contributed by atoms with van der Waals surface area (Å²) in [6.07, 6.45) is 4.74. The summed E-state index contributed by atoms with van der Waals surface area (Å²) in [6.45, 7) is 3.12. The van der Waals surface area contributed by atoms with Crippen molar-refractivity contribution in [3.63, 3.8) is 0 Å². The van der Waals surface area contributed by atoms with Crippen LogP contribution in [0.2, 0.25) is 0 Å². The predicted molar refractivity (Wildman–Crippen MR) is 106 cm³/mol. The molecule has 2 aliphatic heterocycles. The number of benzene rings is 1. The Hall–Kier alpha value is -3.51. The number of hydrogen-bond donors (Lipinski definition) is 2. The van der Waals surface area contributed by atoms with Gasteiger partial charge in [0, 0.05) is 24.6 Å². The highest BCUT2D eigenvalue weighted by molar-refractivity contribution is 5.74.